The maximum Gasteiger partial charge on any atom is 0.294 e. The van der Waals surface area contributed by atoms with Crippen LogP contribution in [0.1, 0.15) is 30.5 Å². The summed E-state index contributed by atoms with van der Waals surface area (Å²) in [5, 5.41) is 2.40. The largest absolute Gasteiger partial charge is 0.433 e. The monoisotopic (exact) mass is 369 g/mol. The zero-order chi connectivity index (χ0) is 19.6. The molecule has 0 aliphatic carbocycles. The van der Waals surface area contributed by atoms with Gasteiger partial charge in [-0.3, -0.25) is 0 Å². The van der Waals surface area contributed by atoms with Crippen molar-refractivity contribution in [2.75, 3.05) is 0 Å². The van der Waals surface area contributed by atoms with Crippen molar-refractivity contribution in [2.24, 2.45) is 13.0 Å². The highest BCUT2D eigenvalue weighted by atomic mass is 16.5. The Labute approximate surface area is 165 Å². The van der Waals surface area contributed by atoms with E-state index in [0.717, 1.165) is 28.9 Å². The summed E-state index contributed by atoms with van der Waals surface area (Å²) >= 11 is 0. The lowest BCUT2D eigenvalue weighted by molar-refractivity contribution is -0.634. The zero-order valence-electron chi connectivity index (χ0n) is 17.1. The number of nitrogens with zero attached hydrogens (tertiary/aromatic N) is 2. The summed E-state index contributed by atoms with van der Waals surface area (Å²) in [4.78, 5) is 4.96. The molecule has 0 atom stereocenters. The van der Waals surface area contributed by atoms with Crippen LogP contribution >= 0.6 is 0 Å². The van der Waals surface area contributed by atoms with Crippen molar-refractivity contribution in [1.29, 1.82) is 0 Å². The molecule has 28 heavy (non-hydrogen) atoms. The molecule has 0 spiro atoms. The van der Waals surface area contributed by atoms with E-state index in [4.69, 9.17) is 9.72 Å². The number of benzene rings is 3. The maximum atomic E-state index is 6.32. The molecule has 0 saturated heterocycles. The van der Waals surface area contributed by atoms with E-state index < -0.39 is 0 Å². The molecule has 1 aromatic heterocycles. The molecule has 0 unspecified atom stereocenters. The molecule has 3 nitrogen and oxygen atoms in total. The molecular formula is C25H25N2O+. The summed E-state index contributed by atoms with van der Waals surface area (Å²) in [6, 6.07) is 15.1. The van der Waals surface area contributed by atoms with Gasteiger partial charge in [-0.25, -0.2) is 4.98 Å². The van der Waals surface area contributed by atoms with Gasteiger partial charge in [-0.1, -0.05) is 38.1 Å². The first kappa shape index (κ1) is 17.2. The summed E-state index contributed by atoms with van der Waals surface area (Å²) in [5.41, 5.74) is 8.32. The molecule has 1 aliphatic heterocycles. The van der Waals surface area contributed by atoms with Crippen molar-refractivity contribution >= 4 is 21.8 Å². The van der Waals surface area contributed by atoms with Crippen LogP contribution in [0.2, 0.25) is 0 Å². The highest BCUT2D eigenvalue weighted by Crippen LogP contribution is 2.46. The zero-order valence-corrected chi connectivity index (χ0v) is 17.1. The van der Waals surface area contributed by atoms with Gasteiger partial charge in [-0.05, 0) is 60.4 Å². The van der Waals surface area contributed by atoms with Crippen LogP contribution in [0.15, 0.2) is 42.5 Å². The van der Waals surface area contributed by atoms with E-state index in [-0.39, 0.29) is 0 Å². The molecule has 5 rings (SSSR count). The molecule has 0 fully saturated rings. The number of aryl methyl sites for hydroxylation is 2. The summed E-state index contributed by atoms with van der Waals surface area (Å²) in [5.74, 6) is 2.22. The fraction of sp³-hybridized carbons (Fsp3) is 0.280. The topological polar surface area (TPSA) is 26.0 Å². The Hall–Kier alpha value is -2.94. The third-order valence-electron chi connectivity index (χ3n) is 5.90. The van der Waals surface area contributed by atoms with E-state index in [0.29, 0.717) is 11.8 Å². The highest BCUT2D eigenvalue weighted by molar-refractivity contribution is 6.04. The van der Waals surface area contributed by atoms with Crippen molar-refractivity contribution in [3.8, 4) is 22.9 Å². The molecular weight excluding hydrogens is 344 g/mol. The second-order valence-corrected chi connectivity index (χ2v) is 8.40. The average molecular weight is 369 g/mol. The average Bonchev–Trinajstić information content (AvgIpc) is 2.64. The van der Waals surface area contributed by atoms with Gasteiger partial charge >= 0.3 is 0 Å². The number of aromatic nitrogens is 2. The minimum atomic E-state index is 0.621. The Morgan fingerprint density at radius 1 is 1.07 bits per heavy atom. The predicted molar refractivity (Wildman–Crippen MR) is 114 cm³/mol. The SMILES string of the molecule is Cc1cc2cccc3c2c(c1C)-c1c(nc2cc(CC(C)C)ccc2[n+]1C)O3. The van der Waals surface area contributed by atoms with Gasteiger partial charge in [-0.15, -0.1) is 0 Å². The second-order valence-electron chi connectivity index (χ2n) is 8.40. The molecule has 1 aliphatic rings. The lowest BCUT2D eigenvalue weighted by Crippen LogP contribution is -2.34. The lowest BCUT2D eigenvalue weighted by atomic mass is 9.91. The Morgan fingerprint density at radius 3 is 2.68 bits per heavy atom. The molecule has 0 N–H and O–H groups in total. The summed E-state index contributed by atoms with van der Waals surface area (Å²) in [6.45, 7) is 8.87. The van der Waals surface area contributed by atoms with Crippen LogP contribution in [0.25, 0.3) is 33.1 Å². The van der Waals surface area contributed by atoms with E-state index >= 15 is 0 Å². The fourth-order valence-corrected chi connectivity index (χ4v) is 4.46. The van der Waals surface area contributed by atoms with Crippen LogP contribution in [0.5, 0.6) is 11.6 Å². The molecule has 4 aromatic rings. The molecule has 2 heterocycles. The number of rotatable bonds is 2. The predicted octanol–water partition coefficient (Wildman–Crippen LogP) is 5.80. The molecule has 0 radical (unpaired) electrons. The van der Waals surface area contributed by atoms with Gasteiger partial charge in [0.2, 0.25) is 5.52 Å². The van der Waals surface area contributed by atoms with Gasteiger partial charge < -0.3 is 4.74 Å². The van der Waals surface area contributed by atoms with Crippen molar-refractivity contribution in [3.05, 3.63) is 59.2 Å². The van der Waals surface area contributed by atoms with Crippen molar-refractivity contribution in [3.63, 3.8) is 0 Å². The first-order chi connectivity index (χ1) is 13.4. The Kier molecular flexibility index (Phi) is 3.70. The first-order valence-electron chi connectivity index (χ1n) is 9.98. The molecule has 3 aromatic carbocycles. The molecule has 0 saturated carbocycles. The van der Waals surface area contributed by atoms with E-state index in [1.807, 2.05) is 6.07 Å². The third-order valence-corrected chi connectivity index (χ3v) is 5.90. The molecule has 0 bridgehead atoms. The van der Waals surface area contributed by atoms with Crippen molar-refractivity contribution < 1.29 is 9.30 Å². The first-order valence-corrected chi connectivity index (χ1v) is 9.98. The van der Waals surface area contributed by atoms with E-state index in [9.17, 15) is 0 Å². The van der Waals surface area contributed by atoms with Crippen LogP contribution in [-0.4, -0.2) is 4.98 Å². The Morgan fingerprint density at radius 2 is 1.89 bits per heavy atom. The van der Waals surface area contributed by atoms with Gasteiger partial charge in [0.05, 0.1) is 5.56 Å². The highest BCUT2D eigenvalue weighted by Gasteiger charge is 2.32. The van der Waals surface area contributed by atoms with Crippen molar-refractivity contribution in [1.82, 2.24) is 4.98 Å². The van der Waals surface area contributed by atoms with Gasteiger partial charge in [0.25, 0.3) is 11.6 Å². The van der Waals surface area contributed by atoms with Gasteiger partial charge in [0, 0.05) is 11.5 Å². The molecule has 3 heteroatoms. The minimum Gasteiger partial charge on any atom is -0.433 e. The fourth-order valence-electron chi connectivity index (χ4n) is 4.46. The van der Waals surface area contributed by atoms with Gasteiger partial charge in [-0.2, -0.15) is 4.57 Å². The van der Waals surface area contributed by atoms with Crippen LogP contribution in [0.3, 0.4) is 0 Å². The summed E-state index contributed by atoms with van der Waals surface area (Å²) < 4.78 is 8.57. The summed E-state index contributed by atoms with van der Waals surface area (Å²) in [7, 11) is 2.12. The summed E-state index contributed by atoms with van der Waals surface area (Å²) in [6.07, 6.45) is 1.06. The van der Waals surface area contributed by atoms with Crippen LogP contribution in [0.4, 0.5) is 0 Å². The number of fused-ring (bicyclic) bond motifs is 3. The smallest absolute Gasteiger partial charge is 0.294 e. The van der Waals surface area contributed by atoms with Crippen molar-refractivity contribution in [2.45, 2.75) is 34.1 Å². The van der Waals surface area contributed by atoms with E-state index in [1.165, 1.54) is 33.0 Å². The van der Waals surface area contributed by atoms with Gasteiger partial charge in [0.1, 0.15) is 18.3 Å². The molecule has 0 amide bonds. The van der Waals surface area contributed by atoms with Crippen LogP contribution in [0, 0.1) is 19.8 Å². The standard InChI is InChI=1S/C25H25N2O/c1-14(2)11-17-9-10-20-19(13-17)26-25-24(27(20)5)22-16(4)15(3)12-18-7-6-8-21(28-25)23(18)22/h6-10,12-14H,11H2,1-5H3/q+1. The van der Waals surface area contributed by atoms with E-state index in [1.54, 1.807) is 0 Å². The molecule has 140 valence electrons. The van der Waals surface area contributed by atoms with E-state index in [2.05, 4.69) is 75.7 Å². The normalized spacial score (nSPS) is 12.5. The number of hydrogen-bond donors (Lipinski definition) is 0. The third kappa shape index (κ3) is 2.42. The quantitative estimate of drug-likeness (QED) is 0.368. The maximum absolute atomic E-state index is 6.32. The number of ether oxygens (including phenoxy) is 1. The number of hydrogen-bond acceptors (Lipinski definition) is 2. The lowest BCUT2D eigenvalue weighted by Gasteiger charge is -2.21. The van der Waals surface area contributed by atoms with Gasteiger partial charge in [0.15, 0.2) is 0 Å². The second kappa shape index (κ2) is 6.03. The van der Waals surface area contributed by atoms with Crippen LogP contribution < -0.4 is 9.30 Å². The minimum absolute atomic E-state index is 0.621. The Bertz CT molecular complexity index is 1270. The Balaban J connectivity index is 1.85. The van der Waals surface area contributed by atoms with Crippen LogP contribution in [-0.2, 0) is 13.5 Å².